The lowest BCUT2D eigenvalue weighted by atomic mass is 10.1. The van der Waals surface area contributed by atoms with E-state index in [0.29, 0.717) is 24.4 Å². The van der Waals surface area contributed by atoms with Gasteiger partial charge in [0, 0.05) is 19.5 Å². The summed E-state index contributed by atoms with van der Waals surface area (Å²) in [5.41, 5.74) is 7.14. The van der Waals surface area contributed by atoms with Gasteiger partial charge in [0.05, 0.1) is 5.75 Å². The molecule has 0 saturated heterocycles. The second-order valence-electron chi connectivity index (χ2n) is 4.27. The summed E-state index contributed by atoms with van der Waals surface area (Å²) in [6.45, 7) is 0.623. The summed E-state index contributed by atoms with van der Waals surface area (Å²) in [6, 6.07) is 7.21. The van der Waals surface area contributed by atoms with Gasteiger partial charge in [0.1, 0.15) is 0 Å². The van der Waals surface area contributed by atoms with E-state index in [2.05, 4.69) is 19.4 Å². The van der Waals surface area contributed by atoms with Crippen molar-refractivity contribution in [3.05, 3.63) is 47.6 Å². The fourth-order valence-electron chi connectivity index (χ4n) is 1.74. The number of aromatic nitrogens is 2. The van der Waals surface area contributed by atoms with Crippen LogP contribution in [0.2, 0.25) is 0 Å². The van der Waals surface area contributed by atoms with Gasteiger partial charge in [-0.1, -0.05) is 29.4 Å². The van der Waals surface area contributed by atoms with E-state index < -0.39 is 10.0 Å². The second kappa shape index (κ2) is 6.60. The van der Waals surface area contributed by atoms with Gasteiger partial charge in [-0.25, -0.2) is 13.1 Å². The highest BCUT2D eigenvalue weighted by Crippen LogP contribution is 2.08. The first-order valence-corrected chi connectivity index (χ1v) is 7.75. The topological polar surface area (TPSA) is 111 Å². The van der Waals surface area contributed by atoms with Crippen LogP contribution in [0.25, 0.3) is 0 Å². The minimum Gasteiger partial charge on any atom is -0.343 e. The van der Waals surface area contributed by atoms with Gasteiger partial charge in [0.25, 0.3) is 0 Å². The number of nitrogens with two attached hydrogens (primary N) is 1. The Morgan fingerprint density at radius 1 is 1.30 bits per heavy atom. The lowest BCUT2D eigenvalue weighted by Crippen LogP contribution is -2.27. The molecule has 0 amide bonds. The predicted octanol–water partition coefficient (Wildman–Crippen LogP) is 0.190. The van der Waals surface area contributed by atoms with Crippen molar-refractivity contribution >= 4 is 10.0 Å². The Labute approximate surface area is 117 Å². The third kappa shape index (κ3) is 4.41. The van der Waals surface area contributed by atoms with Crippen molar-refractivity contribution in [2.24, 2.45) is 5.73 Å². The normalized spacial score (nSPS) is 11.7. The van der Waals surface area contributed by atoms with E-state index in [9.17, 15) is 8.42 Å². The molecule has 7 nitrogen and oxygen atoms in total. The number of rotatable bonds is 7. The number of sulfonamides is 1. The summed E-state index contributed by atoms with van der Waals surface area (Å²) in [5, 5.41) is 3.61. The molecule has 0 fully saturated rings. The molecule has 0 atom stereocenters. The Bertz CT molecular complexity index is 640. The molecular formula is C12H16N4O3S. The third-order valence-electron chi connectivity index (χ3n) is 2.66. The summed E-state index contributed by atoms with van der Waals surface area (Å²) in [4.78, 5) is 3.82. The molecule has 20 heavy (non-hydrogen) atoms. The quantitative estimate of drug-likeness (QED) is 0.754. The highest BCUT2D eigenvalue weighted by molar-refractivity contribution is 7.88. The molecule has 0 aliphatic heterocycles. The van der Waals surface area contributed by atoms with E-state index >= 15 is 0 Å². The van der Waals surface area contributed by atoms with Crippen molar-refractivity contribution in [1.82, 2.24) is 14.9 Å². The zero-order chi connectivity index (χ0) is 14.4. The van der Waals surface area contributed by atoms with Gasteiger partial charge in [-0.2, -0.15) is 4.98 Å². The number of hydrogen-bond donors (Lipinski definition) is 2. The van der Waals surface area contributed by atoms with Gasteiger partial charge in [-0.15, -0.1) is 0 Å². The van der Waals surface area contributed by atoms with Crippen LogP contribution in [0.15, 0.2) is 35.2 Å². The first-order chi connectivity index (χ1) is 9.59. The maximum atomic E-state index is 11.9. The van der Waals surface area contributed by atoms with Crippen molar-refractivity contribution in [3.63, 3.8) is 0 Å². The molecule has 0 unspecified atom stereocenters. The molecule has 0 saturated carbocycles. The highest BCUT2D eigenvalue weighted by Gasteiger charge is 2.11. The van der Waals surface area contributed by atoms with Crippen LogP contribution >= 0.6 is 0 Å². The van der Waals surface area contributed by atoms with E-state index in [1.54, 1.807) is 18.2 Å². The summed E-state index contributed by atoms with van der Waals surface area (Å²) in [6.07, 6.45) is 1.60. The Kier molecular flexibility index (Phi) is 4.83. The van der Waals surface area contributed by atoms with Crippen LogP contribution in [-0.2, 0) is 28.7 Å². The molecule has 2 aromatic rings. The summed E-state index contributed by atoms with van der Waals surface area (Å²) >= 11 is 0. The van der Waals surface area contributed by atoms with E-state index in [0.717, 1.165) is 5.56 Å². The van der Waals surface area contributed by atoms with Crippen LogP contribution in [0.4, 0.5) is 0 Å². The number of nitrogens with one attached hydrogen (secondary N) is 1. The molecule has 3 N–H and O–H groups in total. The van der Waals surface area contributed by atoms with Gasteiger partial charge in [0.15, 0.2) is 5.82 Å². The molecule has 0 spiro atoms. The molecule has 0 radical (unpaired) electrons. The van der Waals surface area contributed by atoms with Gasteiger partial charge in [-0.05, 0) is 11.1 Å². The SMILES string of the molecule is NCc1cccc(CS(=O)(=O)NCCc2ncon2)c1. The van der Waals surface area contributed by atoms with Gasteiger partial charge >= 0.3 is 0 Å². The fourth-order valence-corrected chi connectivity index (χ4v) is 2.87. The van der Waals surface area contributed by atoms with Crippen LogP contribution in [-0.4, -0.2) is 25.1 Å². The maximum Gasteiger partial charge on any atom is 0.215 e. The number of benzene rings is 1. The summed E-state index contributed by atoms with van der Waals surface area (Å²) in [7, 11) is -3.39. The van der Waals surface area contributed by atoms with E-state index in [1.807, 2.05) is 6.07 Å². The standard InChI is InChI=1S/C12H16N4O3S/c13-7-10-2-1-3-11(6-10)8-20(17,18)15-5-4-12-14-9-19-16-12/h1-3,6,9,15H,4-5,7-8,13H2. The number of nitrogens with zero attached hydrogens (tertiary/aromatic N) is 2. The Morgan fingerprint density at radius 3 is 2.80 bits per heavy atom. The molecule has 0 aliphatic carbocycles. The van der Waals surface area contributed by atoms with E-state index in [-0.39, 0.29) is 12.3 Å². The predicted molar refractivity (Wildman–Crippen MR) is 73.0 cm³/mol. The second-order valence-corrected chi connectivity index (χ2v) is 6.08. The molecule has 0 bridgehead atoms. The monoisotopic (exact) mass is 296 g/mol. The molecule has 0 aliphatic rings. The minimum atomic E-state index is -3.39. The molecular weight excluding hydrogens is 280 g/mol. The van der Waals surface area contributed by atoms with E-state index in [1.165, 1.54) is 6.39 Å². The maximum absolute atomic E-state index is 11.9. The highest BCUT2D eigenvalue weighted by atomic mass is 32.2. The molecule has 108 valence electrons. The Balaban J connectivity index is 1.89. The Hall–Kier alpha value is -1.77. The van der Waals surface area contributed by atoms with Crippen LogP contribution in [0, 0.1) is 0 Å². The first kappa shape index (κ1) is 14.6. The van der Waals surface area contributed by atoms with Gasteiger partial charge < -0.3 is 10.3 Å². The molecule has 2 rings (SSSR count). The zero-order valence-corrected chi connectivity index (χ0v) is 11.6. The summed E-state index contributed by atoms with van der Waals surface area (Å²) < 4.78 is 30.9. The molecule has 1 heterocycles. The zero-order valence-electron chi connectivity index (χ0n) is 10.8. The average Bonchev–Trinajstić information content (AvgIpc) is 2.91. The van der Waals surface area contributed by atoms with Crippen molar-refractivity contribution in [2.45, 2.75) is 18.7 Å². The largest absolute Gasteiger partial charge is 0.343 e. The van der Waals surface area contributed by atoms with Gasteiger partial charge in [0.2, 0.25) is 16.4 Å². The van der Waals surface area contributed by atoms with Crippen LogP contribution in [0.1, 0.15) is 17.0 Å². The molecule has 1 aromatic heterocycles. The van der Waals surface area contributed by atoms with Crippen molar-refractivity contribution < 1.29 is 12.9 Å². The van der Waals surface area contributed by atoms with E-state index in [4.69, 9.17) is 5.73 Å². The summed E-state index contributed by atoms with van der Waals surface area (Å²) in [5.74, 6) is 0.394. The Morgan fingerprint density at radius 2 is 2.10 bits per heavy atom. The minimum absolute atomic E-state index is 0.0763. The van der Waals surface area contributed by atoms with Crippen LogP contribution < -0.4 is 10.5 Å². The van der Waals surface area contributed by atoms with Crippen LogP contribution in [0.5, 0.6) is 0 Å². The van der Waals surface area contributed by atoms with Crippen LogP contribution in [0.3, 0.4) is 0 Å². The third-order valence-corrected chi connectivity index (χ3v) is 4.02. The molecule has 1 aromatic carbocycles. The fraction of sp³-hybridized carbons (Fsp3) is 0.333. The smallest absolute Gasteiger partial charge is 0.215 e. The lowest BCUT2D eigenvalue weighted by molar-refractivity contribution is 0.410. The van der Waals surface area contributed by atoms with Gasteiger partial charge in [-0.3, -0.25) is 0 Å². The lowest BCUT2D eigenvalue weighted by Gasteiger charge is -2.07. The average molecular weight is 296 g/mol. The number of hydrogen-bond acceptors (Lipinski definition) is 6. The van der Waals surface area contributed by atoms with Crippen molar-refractivity contribution in [3.8, 4) is 0 Å². The van der Waals surface area contributed by atoms with Crippen molar-refractivity contribution in [1.29, 1.82) is 0 Å². The van der Waals surface area contributed by atoms with Crippen molar-refractivity contribution in [2.75, 3.05) is 6.54 Å². The molecule has 8 heteroatoms. The first-order valence-electron chi connectivity index (χ1n) is 6.09.